The van der Waals surface area contributed by atoms with Crippen LogP contribution in [0.15, 0.2) is 66.0 Å². The predicted octanol–water partition coefficient (Wildman–Crippen LogP) is 2.91. The monoisotopic (exact) mass is 407 g/mol. The minimum absolute atomic E-state index is 0.0144. The van der Waals surface area contributed by atoms with Crippen LogP contribution in [0.1, 0.15) is 17.0 Å². The Morgan fingerprint density at radius 3 is 2.72 bits per heavy atom. The molecule has 4 heterocycles. The molecular weight excluding hydrogens is 386 g/mol. The number of aromatic nitrogens is 2. The lowest BCUT2D eigenvalue weighted by molar-refractivity contribution is 0.325. The molecular formula is C22H21N3O3S. The van der Waals surface area contributed by atoms with Crippen molar-refractivity contribution in [2.45, 2.75) is 22.6 Å². The number of methoxy groups -OCH3 is 1. The number of hydrogen-bond acceptors (Lipinski definition) is 6. The number of ether oxygens (including phenoxy) is 1. The Balaban J connectivity index is 1.50. The molecule has 29 heavy (non-hydrogen) atoms. The highest BCUT2D eigenvalue weighted by molar-refractivity contribution is 7.92. The van der Waals surface area contributed by atoms with E-state index in [1.165, 1.54) is 0 Å². The van der Waals surface area contributed by atoms with Crippen molar-refractivity contribution in [3.8, 4) is 17.0 Å². The van der Waals surface area contributed by atoms with Crippen molar-refractivity contribution in [3.63, 3.8) is 0 Å². The van der Waals surface area contributed by atoms with Gasteiger partial charge < -0.3 is 4.74 Å². The molecule has 2 aliphatic heterocycles. The molecule has 0 radical (unpaired) electrons. The van der Waals surface area contributed by atoms with Gasteiger partial charge in [-0.2, -0.15) is 0 Å². The maximum absolute atomic E-state index is 13.2. The van der Waals surface area contributed by atoms with Gasteiger partial charge in [0.2, 0.25) is 5.88 Å². The van der Waals surface area contributed by atoms with E-state index >= 15 is 0 Å². The van der Waals surface area contributed by atoms with Gasteiger partial charge in [-0.1, -0.05) is 6.07 Å². The summed E-state index contributed by atoms with van der Waals surface area (Å²) in [6.07, 6.45) is 5.22. The third-order valence-electron chi connectivity index (χ3n) is 5.89. The maximum atomic E-state index is 13.2. The van der Waals surface area contributed by atoms with Gasteiger partial charge in [-0.15, -0.1) is 0 Å². The van der Waals surface area contributed by atoms with Gasteiger partial charge in [0.1, 0.15) is 0 Å². The van der Waals surface area contributed by atoms with Crippen LogP contribution in [0.2, 0.25) is 0 Å². The zero-order valence-electron chi connectivity index (χ0n) is 16.0. The third-order valence-corrected chi connectivity index (χ3v) is 8.15. The van der Waals surface area contributed by atoms with Gasteiger partial charge >= 0.3 is 0 Å². The van der Waals surface area contributed by atoms with Crippen LogP contribution in [-0.4, -0.2) is 48.7 Å². The van der Waals surface area contributed by atoms with Crippen molar-refractivity contribution in [2.24, 2.45) is 0 Å². The highest BCUT2D eigenvalue weighted by Crippen LogP contribution is 2.46. The second-order valence-electron chi connectivity index (χ2n) is 7.55. The first kappa shape index (κ1) is 18.3. The molecule has 6 nitrogen and oxygen atoms in total. The highest BCUT2D eigenvalue weighted by Gasteiger charge is 2.50. The van der Waals surface area contributed by atoms with Crippen LogP contribution in [0.25, 0.3) is 11.1 Å². The fourth-order valence-corrected chi connectivity index (χ4v) is 6.74. The lowest BCUT2D eigenvalue weighted by atomic mass is 9.95. The first-order chi connectivity index (χ1) is 14.1. The molecule has 1 fully saturated rings. The fourth-order valence-electron chi connectivity index (χ4n) is 4.54. The summed E-state index contributed by atoms with van der Waals surface area (Å²) in [6.45, 7) is 2.01. The maximum Gasteiger partial charge on any atom is 0.221 e. The molecule has 1 saturated heterocycles. The van der Waals surface area contributed by atoms with Gasteiger partial charge in [0.15, 0.2) is 9.84 Å². The average molecular weight is 407 g/mol. The largest absolute Gasteiger partial charge is 0.481 e. The third kappa shape index (κ3) is 3.01. The average Bonchev–Trinajstić information content (AvgIpc) is 3.26. The van der Waals surface area contributed by atoms with Gasteiger partial charge in [-0.25, -0.2) is 13.4 Å². The molecule has 0 bridgehead atoms. The lowest BCUT2D eigenvalue weighted by Gasteiger charge is -2.17. The van der Waals surface area contributed by atoms with Crippen LogP contribution in [-0.2, 0) is 16.4 Å². The summed E-state index contributed by atoms with van der Waals surface area (Å²) in [5.74, 6) is 0.523. The minimum atomic E-state index is -3.32. The Kier molecular flexibility index (Phi) is 4.37. The van der Waals surface area contributed by atoms with E-state index in [-0.39, 0.29) is 11.2 Å². The lowest BCUT2D eigenvalue weighted by Crippen LogP contribution is -2.25. The van der Waals surface area contributed by atoms with Crippen molar-refractivity contribution in [3.05, 3.63) is 72.2 Å². The van der Waals surface area contributed by atoms with E-state index in [0.29, 0.717) is 17.3 Å². The number of likely N-dealkylation sites (tertiary alicyclic amines) is 1. The molecule has 0 N–H and O–H groups in total. The van der Waals surface area contributed by atoms with Crippen molar-refractivity contribution in [2.75, 3.05) is 20.2 Å². The summed E-state index contributed by atoms with van der Waals surface area (Å²) < 4.78 is 31.7. The van der Waals surface area contributed by atoms with Crippen LogP contribution in [0, 0.1) is 0 Å². The Morgan fingerprint density at radius 2 is 1.93 bits per heavy atom. The molecule has 2 aromatic heterocycles. The number of nitrogens with zero attached hydrogens (tertiary/aromatic N) is 3. The Morgan fingerprint density at radius 1 is 1.10 bits per heavy atom. The molecule has 1 aromatic carbocycles. The Hall–Kier alpha value is -2.77. The number of rotatable bonds is 4. The molecule has 3 aromatic rings. The van der Waals surface area contributed by atoms with Crippen LogP contribution in [0.5, 0.6) is 5.88 Å². The number of sulfone groups is 1. The first-order valence-electron chi connectivity index (χ1n) is 9.56. The van der Waals surface area contributed by atoms with E-state index in [1.807, 2.05) is 36.4 Å². The molecule has 0 unspecified atom stereocenters. The van der Waals surface area contributed by atoms with Crippen molar-refractivity contribution < 1.29 is 13.2 Å². The van der Waals surface area contributed by atoms with E-state index in [0.717, 1.165) is 35.3 Å². The van der Waals surface area contributed by atoms with Gasteiger partial charge in [0.25, 0.3) is 0 Å². The molecule has 0 spiro atoms. The van der Waals surface area contributed by atoms with Crippen LogP contribution >= 0.6 is 0 Å². The topological polar surface area (TPSA) is 72.4 Å². The predicted molar refractivity (Wildman–Crippen MR) is 109 cm³/mol. The van der Waals surface area contributed by atoms with Crippen molar-refractivity contribution in [1.29, 1.82) is 0 Å². The standard InChI is InChI=1S/C22H21N3O3S/c1-28-22-17(3-2-8-24-22)16-4-5-20-18(11-16)19-13-25(14-21(19)29(20,26)27)12-15-6-9-23-10-7-15/h2-11,19,21H,12-14H2,1H3/t19-,21+/m0/s1. The van der Waals surface area contributed by atoms with Gasteiger partial charge in [-0.3, -0.25) is 9.88 Å². The molecule has 5 rings (SSSR count). The van der Waals surface area contributed by atoms with Crippen LogP contribution < -0.4 is 4.74 Å². The molecule has 0 saturated carbocycles. The van der Waals surface area contributed by atoms with E-state index in [2.05, 4.69) is 14.9 Å². The smallest absolute Gasteiger partial charge is 0.221 e. The van der Waals surface area contributed by atoms with Gasteiger partial charge in [0, 0.05) is 49.7 Å². The zero-order chi connectivity index (χ0) is 20.0. The van der Waals surface area contributed by atoms with E-state index in [9.17, 15) is 8.42 Å². The summed E-state index contributed by atoms with van der Waals surface area (Å²) in [6, 6.07) is 13.4. The highest BCUT2D eigenvalue weighted by atomic mass is 32.2. The number of benzene rings is 1. The van der Waals surface area contributed by atoms with Crippen molar-refractivity contribution >= 4 is 9.84 Å². The summed E-state index contributed by atoms with van der Waals surface area (Å²) in [7, 11) is -1.73. The minimum Gasteiger partial charge on any atom is -0.481 e. The number of hydrogen-bond donors (Lipinski definition) is 0. The fraction of sp³-hybridized carbons (Fsp3) is 0.273. The first-order valence-corrected chi connectivity index (χ1v) is 11.1. The second kappa shape index (κ2) is 6.93. The molecule has 7 heteroatoms. The summed E-state index contributed by atoms with van der Waals surface area (Å²) in [5, 5.41) is -0.384. The Bertz CT molecular complexity index is 1160. The van der Waals surface area contributed by atoms with Crippen molar-refractivity contribution in [1.82, 2.24) is 14.9 Å². The molecule has 148 valence electrons. The van der Waals surface area contributed by atoms with E-state index in [4.69, 9.17) is 4.74 Å². The zero-order valence-corrected chi connectivity index (χ0v) is 16.8. The van der Waals surface area contributed by atoms with Gasteiger partial charge in [0.05, 0.1) is 17.3 Å². The van der Waals surface area contributed by atoms with Crippen LogP contribution in [0.4, 0.5) is 0 Å². The van der Waals surface area contributed by atoms with Gasteiger partial charge in [-0.05, 0) is 53.1 Å². The number of fused-ring (bicyclic) bond motifs is 3. The summed E-state index contributed by atoms with van der Waals surface area (Å²) >= 11 is 0. The quantitative estimate of drug-likeness (QED) is 0.662. The van der Waals surface area contributed by atoms with Crippen LogP contribution in [0.3, 0.4) is 0 Å². The summed E-state index contributed by atoms with van der Waals surface area (Å²) in [5.41, 5.74) is 3.85. The molecule has 2 atom stereocenters. The normalized spacial score (nSPS) is 22.2. The molecule has 0 amide bonds. The summed E-state index contributed by atoms with van der Waals surface area (Å²) in [4.78, 5) is 11.0. The molecule has 2 aliphatic rings. The van der Waals surface area contributed by atoms with E-state index < -0.39 is 9.84 Å². The SMILES string of the molecule is COc1ncccc1-c1ccc2c(c1)[C@@H]1CN(Cc3ccncc3)C[C@H]1S2(=O)=O. The van der Waals surface area contributed by atoms with E-state index in [1.54, 1.807) is 31.8 Å². The molecule has 0 aliphatic carbocycles. The Labute approximate surface area is 170 Å². The second-order valence-corrected chi connectivity index (χ2v) is 9.69. The number of pyridine rings is 2.